The van der Waals surface area contributed by atoms with Crippen molar-refractivity contribution < 1.29 is 0 Å². The monoisotopic (exact) mass is 308 g/mol. The molecule has 1 rings (SSSR count). The van der Waals surface area contributed by atoms with Crippen molar-refractivity contribution >= 4 is 50.8 Å². The van der Waals surface area contributed by atoms with Crippen LogP contribution in [0.5, 0.6) is 0 Å². The van der Waals surface area contributed by atoms with Crippen LogP contribution in [0.1, 0.15) is 5.56 Å². The fourth-order valence-electron chi connectivity index (χ4n) is 0.869. The molecule has 64 valence electrons. The topological polar surface area (TPSA) is 0 Å². The van der Waals surface area contributed by atoms with E-state index in [4.69, 9.17) is 12.2 Å². The highest BCUT2D eigenvalue weighted by molar-refractivity contribution is 14.1. The van der Waals surface area contributed by atoms with Gasteiger partial charge in [-0.1, -0.05) is 30.4 Å². The molecule has 0 nitrogen and oxygen atoms in total. The van der Waals surface area contributed by atoms with Crippen LogP contribution in [-0.2, 0) is 6.42 Å². The Kier molecular flexibility index (Phi) is 4.53. The summed E-state index contributed by atoms with van der Waals surface area (Å²) >= 11 is 9.15. The van der Waals surface area contributed by atoms with Crippen molar-refractivity contribution in [3.63, 3.8) is 0 Å². The summed E-state index contributed by atoms with van der Waals surface area (Å²) in [7, 11) is 0. The number of halogens is 1. The van der Waals surface area contributed by atoms with Crippen molar-refractivity contribution in [1.29, 1.82) is 0 Å². The van der Waals surface area contributed by atoms with E-state index in [0.717, 1.165) is 10.6 Å². The highest BCUT2D eigenvalue weighted by Gasteiger charge is 2.00. The lowest BCUT2D eigenvalue weighted by Gasteiger charge is -2.02. The number of thiocarbonyl (C=S) groups is 1. The summed E-state index contributed by atoms with van der Waals surface area (Å²) < 4.78 is 2.35. The normalized spacial score (nSPS) is 9.83. The molecule has 0 unspecified atom stereocenters. The van der Waals surface area contributed by atoms with Gasteiger partial charge in [-0.15, -0.1) is 11.8 Å². The molecule has 0 aliphatic rings. The van der Waals surface area contributed by atoms with Crippen molar-refractivity contribution in [2.75, 3.05) is 6.26 Å². The number of hydrogen-bond donors (Lipinski definition) is 0. The third-order valence-electron chi connectivity index (χ3n) is 1.52. The van der Waals surface area contributed by atoms with E-state index in [0.29, 0.717) is 0 Å². The number of benzene rings is 1. The smallest absolute Gasteiger partial charge is 0.0520 e. The first-order valence-corrected chi connectivity index (χ1v) is 6.25. The molecule has 0 amide bonds. The molecule has 12 heavy (non-hydrogen) atoms. The van der Waals surface area contributed by atoms with Crippen LogP contribution in [0.15, 0.2) is 24.3 Å². The van der Waals surface area contributed by atoms with Gasteiger partial charge in [-0.2, -0.15) is 0 Å². The molecular formula is C9H9IS2. The standard InChI is InChI=1S/C9H9IS2/c1-12-9(11)6-7-4-2-3-5-8(7)10/h2-5H,6H2,1H3. The Morgan fingerprint density at radius 2 is 2.17 bits per heavy atom. The van der Waals surface area contributed by atoms with Crippen LogP contribution in [-0.4, -0.2) is 10.5 Å². The van der Waals surface area contributed by atoms with E-state index in [1.54, 1.807) is 11.8 Å². The van der Waals surface area contributed by atoms with E-state index in [1.807, 2.05) is 12.3 Å². The molecule has 0 saturated heterocycles. The molecule has 0 heterocycles. The summed E-state index contributed by atoms with van der Waals surface area (Å²) in [5.41, 5.74) is 1.33. The molecule has 0 fully saturated rings. The van der Waals surface area contributed by atoms with Crippen molar-refractivity contribution in [2.24, 2.45) is 0 Å². The zero-order chi connectivity index (χ0) is 8.97. The molecule has 1 aromatic carbocycles. The van der Waals surface area contributed by atoms with Gasteiger partial charge < -0.3 is 0 Å². The van der Waals surface area contributed by atoms with Gasteiger partial charge in [0.25, 0.3) is 0 Å². The second-order valence-corrected chi connectivity index (χ2v) is 5.16. The summed E-state index contributed by atoms with van der Waals surface area (Å²) in [6.07, 6.45) is 2.94. The molecule has 0 spiro atoms. The first-order valence-electron chi connectivity index (χ1n) is 3.54. The van der Waals surface area contributed by atoms with Crippen molar-refractivity contribution in [1.82, 2.24) is 0 Å². The zero-order valence-corrected chi connectivity index (χ0v) is 10.5. The minimum Gasteiger partial charge on any atom is -0.122 e. The van der Waals surface area contributed by atoms with Gasteiger partial charge in [0, 0.05) is 9.99 Å². The number of rotatable bonds is 2. The van der Waals surface area contributed by atoms with Crippen molar-refractivity contribution in [3.8, 4) is 0 Å². The lowest BCUT2D eigenvalue weighted by atomic mass is 10.2. The van der Waals surface area contributed by atoms with E-state index in [2.05, 4.69) is 40.8 Å². The van der Waals surface area contributed by atoms with Crippen LogP contribution in [0, 0.1) is 3.57 Å². The van der Waals surface area contributed by atoms with Crippen LogP contribution in [0.25, 0.3) is 0 Å². The summed E-state index contributed by atoms with van der Waals surface area (Å²) in [4.78, 5) is 0. The Balaban J connectivity index is 2.75. The lowest BCUT2D eigenvalue weighted by Crippen LogP contribution is -1.95. The Morgan fingerprint density at radius 1 is 1.50 bits per heavy atom. The number of hydrogen-bond acceptors (Lipinski definition) is 2. The van der Waals surface area contributed by atoms with Crippen LogP contribution >= 0.6 is 46.6 Å². The molecule has 0 atom stereocenters. The highest BCUT2D eigenvalue weighted by atomic mass is 127. The third kappa shape index (κ3) is 3.03. The van der Waals surface area contributed by atoms with Gasteiger partial charge in [0.15, 0.2) is 0 Å². The minimum absolute atomic E-state index is 0.912. The predicted octanol–water partition coefficient (Wildman–Crippen LogP) is 3.52. The molecular weight excluding hydrogens is 299 g/mol. The summed E-state index contributed by atoms with van der Waals surface area (Å²) in [6, 6.07) is 8.34. The summed E-state index contributed by atoms with van der Waals surface area (Å²) in [5.74, 6) is 0. The molecule has 0 N–H and O–H groups in total. The van der Waals surface area contributed by atoms with E-state index in [1.165, 1.54) is 9.13 Å². The first-order chi connectivity index (χ1) is 5.74. The Morgan fingerprint density at radius 3 is 2.75 bits per heavy atom. The summed E-state index contributed by atoms with van der Waals surface area (Å²) in [6.45, 7) is 0. The van der Waals surface area contributed by atoms with Crippen molar-refractivity contribution in [2.45, 2.75) is 6.42 Å². The van der Waals surface area contributed by atoms with E-state index in [9.17, 15) is 0 Å². The maximum Gasteiger partial charge on any atom is 0.0520 e. The molecule has 0 radical (unpaired) electrons. The van der Waals surface area contributed by atoms with Crippen molar-refractivity contribution in [3.05, 3.63) is 33.4 Å². The Labute approximate surface area is 96.3 Å². The van der Waals surface area contributed by atoms with Gasteiger partial charge >= 0.3 is 0 Å². The van der Waals surface area contributed by atoms with Gasteiger partial charge in [0.05, 0.1) is 4.20 Å². The average Bonchev–Trinajstić information content (AvgIpc) is 2.09. The molecule has 0 saturated carbocycles. The highest BCUT2D eigenvalue weighted by Crippen LogP contribution is 2.15. The lowest BCUT2D eigenvalue weighted by molar-refractivity contribution is 1.34. The van der Waals surface area contributed by atoms with Crippen LogP contribution in [0.2, 0.25) is 0 Å². The van der Waals surface area contributed by atoms with Gasteiger partial charge in [-0.25, -0.2) is 0 Å². The quantitative estimate of drug-likeness (QED) is 0.605. The van der Waals surface area contributed by atoms with E-state index < -0.39 is 0 Å². The van der Waals surface area contributed by atoms with E-state index >= 15 is 0 Å². The average molecular weight is 308 g/mol. The summed E-state index contributed by atoms with van der Waals surface area (Å²) in [5, 5.41) is 0. The largest absolute Gasteiger partial charge is 0.122 e. The number of thioether (sulfide) groups is 1. The van der Waals surface area contributed by atoms with Gasteiger partial charge in [-0.05, 0) is 40.5 Å². The maximum atomic E-state index is 5.16. The van der Waals surface area contributed by atoms with Gasteiger partial charge in [0.2, 0.25) is 0 Å². The predicted molar refractivity (Wildman–Crippen MR) is 69.0 cm³/mol. The minimum atomic E-state index is 0.912. The zero-order valence-electron chi connectivity index (χ0n) is 6.71. The van der Waals surface area contributed by atoms with Gasteiger partial charge in [0.1, 0.15) is 0 Å². The second kappa shape index (κ2) is 5.19. The molecule has 0 bridgehead atoms. The van der Waals surface area contributed by atoms with Crippen LogP contribution in [0.4, 0.5) is 0 Å². The molecule has 3 heteroatoms. The molecule has 0 aliphatic heterocycles. The fourth-order valence-corrected chi connectivity index (χ4v) is 1.90. The van der Waals surface area contributed by atoms with E-state index in [-0.39, 0.29) is 0 Å². The molecule has 0 aliphatic carbocycles. The Bertz CT molecular complexity index is 284. The first kappa shape index (κ1) is 10.5. The second-order valence-electron chi connectivity index (χ2n) is 2.34. The fraction of sp³-hybridized carbons (Fsp3) is 0.222. The third-order valence-corrected chi connectivity index (χ3v) is 3.82. The molecule has 0 aromatic heterocycles. The SMILES string of the molecule is CSC(=S)Cc1ccccc1I. The van der Waals surface area contributed by atoms with Crippen LogP contribution < -0.4 is 0 Å². The molecule has 1 aromatic rings. The van der Waals surface area contributed by atoms with Gasteiger partial charge in [-0.3, -0.25) is 0 Å². The Hall–Kier alpha value is 0.390. The maximum absolute atomic E-state index is 5.16. The van der Waals surface area contributed by atoms with Crippen LogP contribution in [0.3, 0.4) is 0 Å².